The second-order valence-electron chi connectivity index (χ2n) is 5.67. The van der Waals surface area contributed by atoms with Crippen molar-refractivity contribution in [1.29, 1.82) is 0 Å². The second kappa shape index (κ2) is 7.81. The molecule has 2 aromatic carbocycles. The average Bonchev–Trinajstić information content (AvgIpc) is 3.10. The number of nitrogens with zero attached hydrogens (tertiary/aromatic N) is 2. The Kier molecular flexibility index (Phi) is 5.31. The van der Waals surface area contributed by atoms with Gasteiger partial charge in [0.25, 0.3) is 0 Å². The van der Waals surface area contributed by atoms with E-state index in [1.807, 2.05) is 67.7 Å². The molecule has 0 aliphatic rings. The number of rotatable bonds is 5. The zero-order chi connectivity index (χ0) is 17.6. The third-order valence-electron chi connectivity index (χ3n) is 3.78. The number of para-hydroxylation sites is 1. The lowest BCUT2D eigenvalue weighted by atomic mass is 10.1. The minimum absolute atomic E-state index is 0.0959. The molecule has 0 saturated heterocycles. The minimum atomic E-state index is -0.157. The van der Waals surface area contributed by atoms with Gasteiger partial charge in [-0.25, -0.2) is 4.68 Å². The predicted molar refractivity (Wildman–Crippen MR) is 101 cm³/mol. The van der Waals surface area contributed by atoms with Crippen LogP contribution in [0.3, 0.4) is 0 Å². The van der Waals surface area contributed by atoms with Gasteiger partial charge in [-0.15, -0.1) is 0 Å². The average molecular weight is 352 g/mol. The number of benzene rings is 2. The van der Waals surface area contributed by atoms with Gasteiger partial charge in [-0.2, -0.15) is 5.10 Å². The molecule has 0 saturated carbocycles. The second-order valence-corrected chi connectivity index (χ2v) is 6.11. The maximum atomic E-state index is 12.1. The molecule has 4 nitrogen and oxygen atoms in total. The van der Waals surface area contributed by atoms with Gasteiger partial charge in [0.15, 0.2) is 0 Å². The molecule has 0 radical (unpaired) electrons. The van der Waals surface area contributed by atoms with Crippen molar-refractivity contribution in [2.45, 2.75) is 13.0 Å². The van der Waals surface area contributed by atoms with Crippen LogP contribution in [-0.4, -0.2) is 15.7 Å². The Balaban J connectivity index is 1.61. The van der Waals surface area contributed by atoms with E-state index in [4.69, 9.17) is 11.6 Å². The van der Waals surface area contributed by atoms with E-state index in [1.54, 1.807) is 17.0 Å². The van der Waals surface area contributed by atoms with Crippen molar-refractivity contribution in [2.24, 2.45) is 0 Å². The lowest BCUT2D eigenvalue weighted by Crippen LogP contribution is -2.24. The van der Waals surface area contributed by atoms with Gasteiger partial charge in [-0.05, 0) is 42.8 Å². The highest BCUT2D eigenvalue weighted by atomic mass is 35.5. The molecular formula is C20H18ClN3O. The van der Waals surface area contributed by atoms with Crippen LogP contribution in [0.5, 0.6) is 0 Å². The normalized spacial score (nSPS) is 12.2. The van der Waals surface area contributed by atoms with Crippen molar-refractivity contribution in [1.82, 2.24) is 15.1 Å². The van der Waals surface area contributed by atoms with Gasteiger partial charge in [0.05, 0.1) is 17.9 Å². The molecule has 0 aliphatic carbocycles. The number of nitrogens with one attached hydrogen (secondary N) is 1. The molecule has 5 heteroatoms. The third kappa shape index (κ3) is 4.58. The minimum Gasteiger partial charge on any atom is -0.346 e. The van der Waals surface area contributed by atoms with Crippen molar-refractivity contribution in [2.75, 3.05) is 0 Å². The molecule has 3 aromatic rings. The Bertz CT molecular complexity index is 869. The van der Waals surface area contributed by atoms with Gasteiger partial charge < -0.3 is 5.32 Å². The Labute approximate surface area is 151 Å². The Hall–Kier alpha value is -2.85. The van der Waals surface area contributed by atoms with E-state index in [1.165, 1.54) is 6.08 Å². The summed E-state index contributed by atoms with van der Waals surface area (Å²) in [7, 11) is 0. The van der Waals surface area contributed by atoms with Crippen molar-refractivity contribution in [3.05, 3.63) is 89.2 Å². The number of halogens is 1. The number of aromatic nitrogens is 2. The summed E-state index contributed by atoms with van der Waals surface area (Å²) in [5.41, 5.74) is 2.84. The third-order valence-corrected chi connectivity index (χ3v) is 4.03. The van der Waals surface area contributed by atoms with Crippen LogP contribution in [0, 0.1) is 0 Å². The van der Waals surface area contributed by atoms with Gasteiger partial charge >= 0.3 is 0 Å². The summed E-state index contributed by atoms with van der Waals surface area (Å²) in [6.45, 7) is 1.93. The fraction of sp³-hybridized carbons (Fsp3) is 0.100. The van der Waals surface area contributed by atoms with Gasteiger partial charge in [0, 0.05) is 22.9 Å². The number of amides is 1. The fourth-order valence-corrected chi connectivity index (χ4v) is 2.54. The first kappa shape index (κ1) is 17.0. The van der Waals surface area contributed by atoms with Gasteiger partial charge in [0.1, 0.15) is 0 Å². The first-order chi connectivity index (χ1) is 12.1. The first-order valence-electron chi connectivity index (χ1n) is 7.96. The summed E-state index contributed by atoms with van der Waals surface area (Å²) >= 11 is 5.88. The van der Waals surface area contributed by atoms with Crippen LogP contribution in [0.4, 0.5) is 0 Å². The molecule has 0 fully saturated rings. The molecule has 1 heterocycles. The highest BCUT2D eigenvalue weighted by Gasteiger charge is 2.07. The lowest BCUT2D eigenvalue weighted by molar-refractivity contribution is -0.117. The van der Waals surface area contributed by atoms with E-state index in [0.29, 0.717) is 5.02 Å². The van der Waals surface area contributed by atoms with E-state index < -0.39 is 0 Å². The predicted octanol–water partition coefficient (Wildman–Crippen LogP) is 4.42. The molecule has 1 N–H and O–H groups in total. The highest BCUT2D eigenvalue weighted by Crippen LogP contribution is 2.16. The van der Waals surface area contributed by atoms with Crippen LogP contribution >= 0.6 is 11.6 Å². The molecule has 0 bridgehead atoms. The Morgan fingerprint density at radius 3 is 2.60 bits per heavy atom. The molecule has 1 aromatic heterocycles. The van der Waals surface area contributed by atoms with E-state index in [2.05, 4.69) is 10.4 Å². The lowest BCUT2D eigenvalue weighted by Gasteiger charge is -2.12. The molecule has 1 atom stereocenters. The van der Waals surface area contributed by atoms with E-state index in [-0.39, 0.29) is 11.9 Å². The van der Waals surface area contributed by atoms with Gasteiger partial charge in [0.2, 0.25) is 5.91 Å². The van der Waals surface area contributed by atoms with Crippen LogP contribution < -0.4 is 5.32 Å². The summed E-state index contributed by atoms with van der Waals surface area (Å²) < 4.78 is 1.77. The van der Waals surface area contributed by atoms with E-state index in [9.17, 15) is 4.79 Å². The maximum absolute atomic E-state index is 12.1. The number of hydrogen-bond donors (Lipinski definition) is 1. The smallest absolute Gasteiger partial charge is 0.244 e. The SMILES string of the molecule is CC(NC(=O)/C=C/c1cnn(-c2ccccc2)c1)c1ccc(Cl)cc1. The topological polar surface area (TPSA) is 46.9 Å². The van der Waals surface area contributed by atoms with Crippen LogP contribution in [0.25, 0.3) is 11.8 Å². The standard InChI is InChI=1S/C20H18ClN3O/c1-15(17-8-10-18(21)11-9-17)23-20(25)12-7-16-13-22-24(14-16)19-5-3-2-4-6-19/h2-15H,1H3,(H,23,25)/b12-7+. The van der Waals surface area contributed by atoms with Gasteiger partial charge in [-0.1, -0.05) is 41.9 Å². The van der Waals surface area contributed by atoms with Crippen molar-refractivity contribution in [3.63, 3.8) is 0 Å². The Morgan fingerprint density at radius 2 is 1.88 bits per heavy atom. The molecule has 126 valence electrons. The number of hydrogen-bond acceptors (Lipinski definition) is 2. The van der Waals surface area contributed by atoms with Crippen molar-refractivity contribution < 1.29 is 4.79 Å². The summed E-state index contributed by atoms with van der Waals surface area (Å²) in [5, 5.41) is 7.91. The molecule has 3 rings (SSSR count). The van der Waals surface area contributed by atoms with Crippen molar-refractivity contribution in [3.8, 4) is 5.69 Å². The Morgan fingerprint density at radius 1 is 1.16 bits per heavy atom. The van der Waals surface area contributed by atoms with Crippen LogP contribution in [0.15, 0.2) is 73.1 Å². The summed E-state index contributed by atoms with van der Waals surface area (Å²) in [5.74, 6) is -0.157. The van der Waals surface area contributed by atoms with Crippen LogP contribution in [0.1, 0.15) is 24.1 Å². The maximum Gasteiger partial charge on any atom is 0.244 e. The van der Waals surface area contributed by atoms with Gasteiger partial charge in [-0.3, -0.25) is 4.79 Å². The number of carbonyl (C=O) groups excluding carboxylic acids is 1. The monoisotopic (exact) mass is 351 g/mol. The molecule has 1 amide bonds. The van der Waals surface area contributed by atoms with E-state index in [0.717, 1.165) is 16.8 Å². The quantitative estimate of drug-likeness (QED) is 0.692. The summed E-state index contributed by atoms with van der Waals surface area (Å²) in [6.07, 6.45) is 6.86. The zero-order valence-electron chi connectivity index (χ0n) is 13.8. The molecule has 25 heavy (non-hydrogen) atoms. The first-order valence-corrected chi connectivity index (χ1v) is 8.34. The summed E-state index contributed by atoms with van der Waals surface area (Å²) in [4.78, 5) is 12.1. The molecule has 0 spiro atoms. The van der Waals surface area contributed by atoms with E-state index >= 15 is 0 Å². The molecular weight excluding hydrogens is 334 g/mol. The molecule has 0 aliphatic heterocycles. The highest BCUT2D eigenvalue weighted by molar-refractivity contribution is 6.30. The largest absolute Gasteiger partial charge is 0.346 e. The fourth-order valence-electron chi connectivity index (χ4n) is 2.41. The molecule has 1 unspecified atom stereocenters. The van der Waals surface area contributed by atoms with Crippen LogP contribution in [-0.2, 0) is 4.79 Å². The summed E-state index contributed by atoms with van der Waals surface area (Å²) in [6, 6.07) is 17.2. The zero-order valence-corrected chi connectivity index (χ0v) is 14.5. The van der Waals surface area contributed by atoms with Crippen molar-refractivity contribution >= 4 is 23.6 Å². The van der Waals surface area contributed by atoms with Crippen LogP contribution in [0.2, 0.25) is 5.02 Å². The number of carbonyl (C=O) groups is 1.